The summed E-state index contributed by atoms with van der Waals surface area (Å²) in [5.41, 5.74) is -1.34. The minimum absolute atomic E-state index is 0.312. The molecule has 0 saturated carbocycles. The smallest absolute Gasteiger partial charge is 0.0949 e. The highest BCUT2D eigenvalue weighted by Crippen LogP contribution is 2.22. The van der Waals surface area contributed by atoms with Crippen molar-refractivity contribution in [1.29, 1.82) is 0 Å². The van der Waals surface area contributed by atoms with Crippen molar-refractivity contribution in [2.45, 2.75) is 25.4 Å². The Balaban J connectivity index is 4.24. The Kier molecular flexibility index (Phi) is 5.41. The van der Waals surface area contributed by atoms with Crippen molar-refractivity contribution in [2.24, 2.45) is 5.92 Å². The molecule has 0 bridgehead atoms. The summed E-state index contributed by atoms with van der Waals surface area (Å²) in [5, 5.41) is 36.2. The number of hydrogen-bond acceptors (Lipinski definition) is 4. The molecule has 0 saturated heterocycles. The average Bonchev–Trinajstić information content (AvgIpc) is 2.07. The second-order valence-electron chi connectivity index (χ2n) is 3.07. The van der Waals surface area contributed by atoms with Crippen molar-refractivity contribution in [1.82, 2.24) is 0 Å². The van der Waals surface area contributed by atoms with Crippen LogP contribution in [0.15, 0.2) is 0 Å². The monoisotopic (exact) mass is 178 g/mol. The van der Waals surface area contributed by atoms with Crippen LogP contribution >= 0.6 is 0 Å². The van der Waals surface area contributed by atoms with Crippen molar-refractivity contribution in [3.05, 3.63) is 0 Å². The molecule has 12 heavy (non-hydrogen) atoms. The van der Waals surface area contributed by atoms with E-state index in [-0.39, 0.29) is 13.2 Å². The van der Waals surface area contributed by atoms with E-state index < -0.39 is 18.1 Å². The molecule has 0 aliphatic heterocycles. The number of rotatable bonds is 6. The van der Waals surface area contributed by atoms with Crippen molar-refractivity contribution in [2.75, 3.05) is 19.8 Å². The van der Waals surface area contributed by atoms with Crippen LogP contribution < -0.4 is 0 Å². The first-order chi connectivity index (χ1) is 5.64. The van der Waals surface area contributed by atoms with Crippen LogP contribution in [0.5, 0.6) is 0 Å². The molecule has 0 fully saturated rings. The van der Waals surface area contributed by atoms with Crippen LogP contribution in [0.4, 0.5) is 0 Å². The van der Waals surface area contributed by atoms with Gasteiger partial charge in [-0.25, -0.2) is 0 Å². The Bertz CT molecular complexity index is 114. The minimum Gasteiger partial charge on any atom is -0.396 e. The summed E-state index contributed by atoms with van der Waals surface area (Å²) in [6.45, 7) is 0.820. The van der Waals surface area contributed by atoms with Crippen LogP contribution in [0.3, 0.4) is 0 Å². The van der Waals surface area contributed by atoms with Gasteiger partial charge in [-0.1, -0.05) is 13.3 Å². The Labute approximate surface area is 72.5 Å². The molecule has 74 valence electrons. The van der Waals surface area contributed by atoms with Crippen molar-refractivity contribution >= 4 is 0 Å². The molecule has 0 aromatic heterocycles. The van der Waals surface area contributed by atoms with Gasteiger partial charge in [-0.15, -0.1) is 0 Å². The fourth-order valence-electron chi connectivity index (χ4n) is 1.24. The van der Waals surface area contributed by atoms with Gasteiger partial charge >= 0.3 is 0 Å². The largest absolute Gasteiger partial charge is 0.396 e. The quantitative estimate of drug-likeness (QED) is 0.425. The molecule has 0 spiro atoms. The lowest BCUT2D eigenvalue weighted by Crippen LogP contribution is -2.45. The number of aliphatic hydroxyl groups excluding tert-OH is 3. The van der Waals surface area contributed by atoms with Gasteiger partial charge in [-0.3, -0.25) is 0 Å². The standard InChI is InChI=1S/C8H18O4/c1-2-3-8(12,6-11)7(4-9)5-10/h7,9-12H,2-6H2,1H3. The Morgan fingerprint density at radius 1 is 1.17 bits per heavy atom. The molecule has 4 nitrogen and oxygen atoms in total. The number of hydrogen-bond donors (Lipinski definition) is 4. The summed E-state index contributed by atoms with van der Waals surface area (Å²) in [6, 6.07) is 0. The SMILES string of the molecule is CCCC(O)(CO)C(CO)CO. The molecule has 1 atom stereocenters. The molecule has 0 radical (unpaired) electrons. The van der Waals surface area contributed by atoms with Crippen molar-refractivity contribution in [3.63, 3.8) is 0 Å². The highest BCUT2D eigenvalue weighted by Gasteiger charge is 2.34. The zero-order valence-corrected chi connectivity index (χ0v) is 7.40. The Hall–Kier alpha value is -0.160. The molecule has 0 aromatic carbocycles. The molecular weight excluding hydrogens is 160 g/mol. The minimum atomic E-state index is -1.34. The van der Waals surface area contributed by atoms with E-state index in [1.54, 1.807) is 0 Å². The Morgan fingerprint density at radius 2 is 1.67 bits per heavy atom. The van der Waals surface area contributed by atoms with Crippen LogP contribution in [-0.4, -0.2) is 45.8 Å². The van der Waals surface area contributed by atoms with Gasteiger partial charge in [0.05, 0.1) is 25.4 Å². The van der Waals surface area contributed by atoms with E-state index >= 15 is 0 Å². The highest BCUT2D eigenvalue weighted by molar-refractivity contribution is 4.84. The predicted octanol–water partition coefficient (Wildman–Crippen LogP) is -0.889. The van der Waals surface area contributed by atoms with E-state index in [0.717, 1.165) is 0 Å². The van der Waals surface area contributed by atoms with Gasteiger partial charge in [0.2, 0.25) is 0 Å². The van der Waals surface area contributed by atoms with Gasteiger partial charge in [-0.05, 0) is 6.42 Å². The van der Waals surface area contributed by atoms with Gasteiger partial charge in [0, 0.05) is 5.92 Å². The molecular formula is C8H18O4. The first-order valence-corrected chi connectivity index (χ1v) is 4.19. The molecule has 0 heterocycles. The van der Waals surface area contributed by atoms with Crippen molar-refractivity contribution < 1.29 is 20.4 Å². The molecule has 0 rings (SSSR count). The Morgan fingerprint density at radius 3 is 1.92 bits per heavy atom. The van der Waals surface area contributed by atoms with Crippen molar-refractivity contribution in [3.8, 4) is 0 Å². The summed E-state index contributed by atoms with van der Waals surface area (Å²) < 4.78 is 0. The summed E-state index contributed by atoms with van der Waals surface area (Å²) in [5.74, 6) is -0.651. The first kappa shape index (κ1) is 11.8. The summed E-state index contributed by atoms with van der Waals surface area (Å²) in [7, 11) is 0. The summed E-state index contributed by atoms with van der Waals surface area (Å²) in [4.78, 5) is 0. The normalized spacial score (nSPS) is 16.5. The first-order valence-electron chi connectivity index (χ1n) is 4.19. The molecule has 4 N–H and O–H groups in total. The molecule has 1 unspecified atom stereocenters. The zero-order valence-electron chi connectivity index (χ0n) is 7.40. The van der Waals surface area contributed by atoms with Crippen LogP contribution in [0.2, 0.25) is 0 Å². The molecule has 0 aliphatic rings. The van der Waals surface area contributed by atoms with Crippen LogP contribution in [0, 0.1) is 5.92 Å². The van der Waals surface area contributed by atoms with E-state index in [2.05, 4.69) is 0 Å². The molecule has 0 aromatic rings. The fourth-order valence-corrected chi connectivity index (χ4v) is 1.24. The summed E-state index contributed by atoms with van der Waals surface area (Å²) in [6.07, 6.45) is 1.09. The van der Waals surface area contributed by atoms with E-state index in [1.807, 2.05) is 6.92 Å². The van der Waals surface area contributed by atoms with Gasteiger partial charge < -0.3 is 20.4 Å². The third-order valence-corrected chi connectivity index (χ3v) is 2.16. The average molecular weight is 178 g/mol. The van der Waals surface area contributed by atoms with Crippen LogP contribution in [-0.2, 0) is 0 Å². The summed E-state index contributed by atoms with van der Waals surface area (Å²) >= 11 is 0. The molecule has 0 amide bonds. The highest BCUT2D eigenvalue weighted by atomic mass is 16.3. The maximum absolute atomic E-state index is 9.71. The lowest BCUT2D eigenvalue weighted by atomic mass is 9.85. The zero-order chi connectivity index (χ0) is 9.61. The van der Waals surface area contributed by atoms with Crippen LogP contribution in [0.1, 0.15) is 19.8 Å². The fraction of sp³-hybridized carbons (Fsp3) is 1.00. The topological polar surface area (TPSA) is 80.9 Å². The van der Waals surface area contributed by atoms with E-state index in [4.69, 9.17) is 15.3 Å². The third kappa shape index (κ3) is 2.71. The van der Waals surface area contributed by atoms with E-state index in [1.165, 1.54) is 0 Å². The molecule has 0 aliphatic carbocycles. The predicted molar refractivity (Wildman–Crippen MR) is 44.6 cm³/mol. The maximum atomic E-state index is 9.71. The second-order valence-corrected chi connectivity index (χ2v) is 3.07. The van der Waals surface area contributed by atoms with E-state index in [0.29, 0.717) is 12.8 Å². The van der Waals surface area contributed by atoms with Crippen LogP contribution in [0.25, 0.3) is 0 Å². The lowest BCUT2D eigenvalue weighted by Gasteiger charge is -2.32. The third-order valence-electron chi connectivity index (χ3n) is 2.16. The van der Waals surface area contributed by atoms with Gasteiger partial charge in [0.1, 0.15) is 0 Å². The van der Waals surface area contributed by atoms with Gasteiger partial charge in [0.25, 0.3) is 0 Å². The lowest BCUT2D eigenvalue weighted by molar-refractivity contribution is -0.0973. The number of aliphatic hydroxyl groups is 4. The van der Waals surface area contributed by atoms with Gasteiger partial charge in [0.15, 0.2) is 0 Å². The molecule has 4 heteroatoms. The van der Waals surface area contributed by atoms with Gasteiger partial charge in [-0.2, -0.15) is 0 Å². The second kappa shape index (κ2) is 5.48. The maximum Gasteiger partial charge on any atom is 0.0949 e. The van der Waals surface area contributed by atoms with E-state index in [9.17, 15) is 5.11 Å².